The van der Waals surface area contributed by atoms with Gasteiger partial charge < -0.3 is 0 Å². The number of hydrogen-bond acceptors (Lipinski definition) is 6. The topological polar surface area (TPSA) is 98.8 Å². The summed E-state index contributed by atoms with van der Waals surface area (Å²) in [7, 11) is -3.44. The zero-order chi connectivity index (χ0) is 11.1. The standard InChI is InChI=1S/C4H5NO2S2.C3H3N3/c5-9(6,7)4-2-1-3-8-4;1-4-2-6-3-5-1/h1-3H,(H2,5,6,7);1-3H. The quantitative estimate of drug-likeness (QED) is 0.776. The predicted molar refractivity (Wildman–Crippen MR) is 55.5 cm³/mol. The minimum Gasteiger partial charge on any atom is -0.225 e. The van der Waals surface area contributed by atoms with E-state index in [-0.39, 0.29) is 4.21 Å². The van der Waals surface area contributed by atoms with Crippen LogP contribution in [0.3, 0.4) is 0 Å². The summed E-state index contributed by atoms with van der Waals surface area (Å²) in [6.07, 6.45) is 4.31. The van der Waals surface area contributed by atoms with Crippen LogP contribution in [0, 0.1) is 0 Å². The van der Waals surface area contributed by atoms with Crippen LogP contribution in [0.5, 0.6) is 0 Å². The summed E-state index contributed by atoms with van der Waals surface area (Å²) in [6, 6.07) is 3.12. The first-order valence-corrected chi connectivity index (χ1v) is 6.14. The highest BCUT2D eigenvalue weighted by Crippen LogP contribution is 2.12. The van der Waals surface area contributed by atoms with Crippen molar-refractivity contribution in [1.29, 1.82) is 0 Å². The maximum absolute atomic E-state index is 10.5. The smallest absolute Gasteiger partial charge is 0.225 e. The van der Waals surface area contributed by atoms with Gasteiger partial charge in [0.05, 0.1) is 0 Å². The lowest BCUT2D eigenvalue weighted by atomic mass is 10.7. The molecule has 0 amide bonds. The molecule has 0 fully saturated rings. The monoisotopic (exact) mass is 244 g/mol. The van der Waals surface area contributed by atoms with Crippen LogP contribution in [-0.2, 0) is 10.0 Å². The number of hydrogen-bond donors (Lipinski definition) is 1. The van der Waals surface area contributed by atoms with Gasteiger partial charge in [-0.2, -0.15) is 0 Å². The third kappa shape index (κ3) is 4.58. The van der Waals surface area contributed by atoms with Gasteiger partial charge in [-0.3, -0.25) is 0 Å². The molecule has 0 saturated carbocycles. The largest absolute Gasteiger partial charge is 0.247 e. The van der Waals surface area contributed by atoms with Gasteiger partial charge in [0.15, 0.2) is 0 Å². The Morgan fingerprint density at radius 3 is 1.87 bits per heavy atom. The Kier molecular flexibility index (Phi) is 4.28. The Bertz CT molecular complexity index is 442. The predicted octanol–water partition coefficient (Wildman–Crippen LogP) is 0.267. The summed E-state index contributed by atoms with van der Waals surface area (Å²) in [4.78, 5) is 10.7. The van der Waals surface area contributed by atoms with Gasteiger partial charge in [-0.25, -0.2) is 28.5 Å². The van der Waals surface area contributed by atoms with Crippen molar-refractivity contribution >= 4 is 21.4 Å². The summed E-state index contributed by atoms with van der Waals surface area (Å²) in [5.74, 6) is 0. The van der Waals surface area contributed by atoms with Gasteiger partial charge in [0.1, 0.15) is 23.2 Å². The van der Waals surface area contributed by atoms with Crippen LogP contribution < -0.4 is 5.14 Å². The van der Waals surface area contributed by atoms with Crippen molar-refractivity contribution in [3.63, 3.8) is 0 Å². The lowest BCUT2D eigenvalue weighted by Gasteiger charge is -1.86. The van der Waals surface area contributed by atoms with E-state index in [1.165, 1.54) is 25.0 Å². The SMILES string of the molecule is NS(=O)(=O)c1cccs1.c1ncncn1. The first-order chi connectivity index (χ1) is 7.11. The van der Waals surface area contributed by atoms with Crippen LogP contribution in [0.4, 0.5) is 0 Å². The molecule has 15 heavy (non-hydrogen) atoms. The maximum atomic E-state index is 10.5. The first kappa shape index (κ1) is 11.7. The number of nitrogens with two attached hydrogens (primary N) is 1. The Hall–Kier alpha value is -1.38. The normalized spacial score (nSPS) is 10.2. The summed E-state index contributed by atoms with van der Waals surface area (Å²) < 4.78 is 21.2. The summed E-state index contributed by atoms with van der Waals surface area (Å²) in [5.41, 5.74) is 0. The van der Waals surface area contributed by atoms with E-state index in [9.17, 15) is 8.42 Å². The molecule has 0 aliphatic rings. The minimum atomic E-state index is -3.44. The van der Waals surface area contributed by atoms with Gasteiger partial charge in [-0.05, 0) is 11.4 Å². The van der Waals surface area contributed by atoms with Crippen LogP contribution in [0.2, 0.25) is 0 Å². The molecule has 0 aromatic carbocycles. The molecular formula is C7H8N4O2S2. The fourth-order valence-electron chi connectivity index (χ4n) is 0.630. The van der Waals surface area contributed by atoms with Crippen molar-refractivity contribution in [1.82, 2.24) is 15.0 Å². The summed E-state index contributed by atoms with van der Waals surface area (Å²) in [5, 5.41) is 6.45. The van der Waals surface area contributed by atoms with Gasteiger partial charge in [-0.1, -0.05) is 6.07 Å². The molecule has 0 aliphatic carbocycles. The van der Waals surface area contributed by atoms with Crippen LogP contribution >= 0.6 is 11.3 Å². The van der Waals surface area contributed by atoms with E-state index >= 15 is 0 Å². The van der Waals surface area contributed by atoms with Gasteiger partial charge in [0.2, 0.25) is 10.0 Å². The zero-order valence-electron chi connectivity index (χ0n) is 7.52. The highest BCUT2D eigenvalue weighted by molar-refractivity contribution is 7.91. The lowest BCUT2D eigenvalue weighted by Crippen LogP contribution is -2.09. The van der Waals surface area contributed by atoms with E-state index in [0.717, 1.165) is 11.3 Å². The fourth-order valence-corrected chi connectivity index (χ4v) is 2.05. The molecule has 0 atom stereocenters. The van der Waals surface area contributed by atoms with E-state index in [2.05, 4.69) is 15.0 Å². The number of rotatable bonds is 1. The molecule has 0 bridgehead atoms. The molecule has 0 spiro atoms. The third-order valence-corrected chi connectivity index (χ3v) is 3.52. The molecule has 0 aliphatic heterocycles. The molecule has 2 aromatic heterocycles. The molecule has 0 unspecified atom stereocenters. The van der Waals surface area contributed by atoms with Crippen molar-refractivity contribution in [3.8, 4) is 0 Å². The summed E-state index contributed by atoms with van der Waals surface area (Å²) in [6.45, 7) is 0. The van der Waals surface area contributed by atoms with Crippen LogP contribution in [0.1, 0.15) is 0 Å². The van der Waals surface area contributed by atoms with Crippen molar-refractivity contribution in [3.05, 3.63) is 36.5 Å². The van der Waals surface area contributed by atoms with Crippen molar-refractivity contribution in [2.24, 2.45) is 5.14 Å². The Labute approximate surface area is 90.9 Å². The van der Waals surface area contributed by atoms with E-state index in [1.54, 1.807) is 11.4 Å². The second-order valence-corrected chi connectivity index (χ2v) is 5.01. The van der Waals surface area contributed by atoms with Gasteiger partial charge in [0.25, 0.3) is 0 Å². The van der Waals surface area contributed by atoms with Crippen LogP contribution in [0.25, 0.3) is 0 Å². The van der Waals surface area contributed by atoms with Crippen molar-refractivity contribution < 1.29 is 8.42 Å². The highest BCUT2D eigenvalue weighted by Gasteiger charge is 2.06. The average Bonchev–Trinajstić information content (AvgIpc) is 2.73. The molecule has 0 saturated heterocycles. The summed E-state index contributed by atoms with van der Waals surface area (Å²) >= 11 is 1.12. The van der Waals surface area contributed by atoms with E-state index in [4.69, 9.17) is 5.14 Å². The fraction of sp³-hybridized carbons (Fsp3) is 0. The van der Waals surface area contributed by atoms with Crippen molar-refractivity contribution in [2.45, 2.75) is 4.21 Å². The minimum absolute atomic E-state index is 0.211. The van der Waals surface area contributed by atoms with Crippen LogP contribution in [-0.4, -0.2) is 23.4 Å². The molecule has 80 valence electrons. The molecule has 2 rings (SSSR count). The maximum Gasteiger partial charge on any atom is 0.247 e. The van der Waals surface area contributed by atoms with E-state index in [0.29, 0.717) is 0 Å². The molecule has 6 nitrogen and oxygen atoms in total. The molecule has 2 aromatic rings. The number of thiophene rings is 1. The van der Waals surface area contributed by atoms with E-state index in [1.807, 2.05) is 0 Å². The van der Waals surface area contributed by atoms with Crippen molar-refractivity contribution in [2.75, 3.05) is 0 Å². The van der Waals surface area contributed by atoms with E-state index < -0.39 is 10.0 Å². The number of nitrogens with zero attached hydrogens (tertiary/aromatic N) is 3. The number of sulfonamides is 1. The lowest BCUT2D eigenvalue weighted by molar-refractivity contribution is 0.600. The Balaban J connectivity index is 0.000000162. The molecule has 2 heterocycles. The first-order valence-electron chi connectivity index (χ1n) is 3.72. The van der Waals surface area contributed by atoms with Crippen LogP contribution in [0.15, 0.2) is 40.7 Å². The highest BCUT2D eigenvalue weighted by atomic mass is 32.2. The van der Waals surface area contributed by atoms with Gasteiger partial charge >= 0.3 is 0 Å². The third-order valence-electron chi connectivity index (χ3n) is 1.18. The Morgan fingerprint density at radius 2 is 1.67 bits per heavy atom. The average molecular weight is 244 g/mol. The van der Waals surface area contributed by atoms with Gasteiger partial charge in [0, 0.05) is 0 Å². The second kappa shape index (κ2) is 5.49. The number of aromatic nitrogens is 3. The molecule has 2 N–H and O–H groups in total. The number of primary sulfonamides is 1. The Morgan fingerprint density at radius 1 is 1.13 bits per heavy atom. The molecule has 0 radical (unpaired) electrons. The zero-order valence-corrected chi connectivity index (χ0v) is 9.15. The molecular weight excluding hydrogens is 236 g/mol. The molecule has 8 heteroatoms. The van der Waals surface area contributed by atoms with Gasteiger partial charge in [-0.15, -0.1) is 11.3 Å². The second-order valence-electron chi connectivity index (χ2n) is 2.27.